The predicted molar refractivity (Wildman–Crippen MR) is 197 cm³/mol. The second-order valence-corrected chi connectivity index (χ2v) is 12.4. The maximum Gasteiger partial charge on any atom is 0.261 e. The van der Waals surface area contributed by atoms with Crippen molar-refractivity contribution < 1.29 is 0 Å². The lowest BCUT2D eigenvalue weighted by atomic mass is 9.88. The molecular weight excluding hydrogens is 585 g/mol. The molecule has 48 heavy (non-hydrogen) atoms. The van der Waals surface area contributed by atoms with Gasteiger partial charge < -0.3 is 0 Å². The zero-order valence-corrected chi connectivity index (χ0v) is 26.0. The van der Waals surface area contributed by atoms with Gasteiger partial charge >= 0.3 is 0 Å². The van der Waals surface area contributed by atoms with Gasteiger partial charge in [-0.15, -0.1) is 0 Å². The second-order valence-electron chi connectivity index (χ2n) is 12.4. The highest BCUT2D eigenvalue weighted by Gasteiger charge is 2.42. The highest BCUT2D eigenvalue weighted by Crippen LogP contribution is 2.45. The number of hydrogen-bond acceptors (Lipinski definition) is 3. The minimum absolute atomic E-state index is 0.812. The van der Waals surface area contributed by atoms with Gasteiger partial charge in [0.05, 0.1) is 11.4 Å². The fourth-order valence-corrected chi connectivity index (χ4v) is 7.58. The van der Waals surface area contributed by atoms with Crippen LogP contribution in [0.25, 0.3) is 55.2 Å². The van der Waals surface area contributed by atoms with Crippen molar-refractivity contribution in [3.63, 3.8) is 0 Å². The van der Waals surface area contributed by atoms with Crippen LogP contribution in [0.4, 0.5) is 0 Å². The average molecular weight is 613 g/mol. The van der Waals surface area contributed by atoms with E-state index in [1.165, 1.54) is 32.8 Å². The molecule has 0 radical (unpaired) electrons. The molecule has 0 unspecified atom stereocenters. The number of hydrogen-bond donors (Lipinski definition) is 0. The minimum Gasteiger partial charge on any atom is -0.283 e. The summed E-state index contributed by atoms with van der Waals surface area (Å²) in [6.45, 7) is 0. The van der Waals surface area contributed by atoms with Gasteiger partial charge in [0.2, 0.25) is 0 Å². The molecule has 0 amide bonds. The van der Waals surface area contributed by atoms with Crippen molar-refractivity contribution in [2.45, 2.75) is 5.79 Å². The maximum absolute atomic E-state index is 5.62. The fourth-order valence-electron chi connectivity index (χ4n) is 7.58. The molecule has 7 aromatic carbocycles. The standard InChI is InChI=1S/C44H28N4/c1-3-11-31(12-4-1)41-42(32-13-5-2-6-14-32)47-44(46-41)33-23-21-29(22-24-33)34-19-9-15-30-16-10-20-38(40(30)34)37-25-26-39(43-45-27-28-48(43)44)36-18-8-7-17-35(36)37/h1-28H. The van der Waals surface area contributed by atoms with E-state index in [0.717, 1.165) is 50.5 Å². The van der Waals surface area contributed by atoms with E-state index < -0.39 is 5.79 Å². The Morgan fingerprint density at radius 1 is 0.438 bits per heavy atom. The first kappa shape index (κ1) is 26.8. The van der Waals surface area contributed by atoms with Crippen molar-refractivity contribution in [1.29, 1.82) is 0 Å². The number of aromatic nitrogens is 2. The Hall–Kier alpha value is -6.39. The van der Waals surface area contributed by atoms with Gasteiger partial charge in [0.25, 0.3) is 5.79 Å². The third-order valence-corrected chi connectivity index (χ3v) is 9.77. The highest BCUT2D eigenvalue weighted by molar-refractivity contribution is 6.54. The molecule has 5 aliphatic heterocycles. The molecule has 1 aromatic heterocycles. The van der Waals surface area contributed by atoms with Gasteiger partial charge in [-0.05, 0) is 49.9 Å². The molecule has 0 aliphatic carbocycles. The van der Waals surface area contributed by atoms with E-state index >= 15 is 0 Å². The van der Waals surface area contributed by atoms with Crippen LogP contribution in [-0.2, 0) is 5.79 Å². The van der Waals surface area contributed by atoms with Crippen LogP contribution in [-0.4, -0.2) is 21.0 Å². The summed E-state index contributed by atoms with van der Waals surface area (Å²) in [6.07, 6.45) is 3.90. The third kappa shape index (κ3) is 3.86. The molecule has 0 saturated heterocycles. The maximum atomic E-state index is 5.62. The average Bonchev–Trinajstić information content (AvgIpc) is 3.82. The monoisotopic (exact) mass is 612 g/mol. The number of benzene rings is 7. The van der Waals surface area contributed by atoms with Crippen molar-refractivity contribution in [3.05, 3.63) is 187 Å². The summed E-state index contributed by atoms with van der Waals surface area (Å²) in [6, 6.07) is 56.0. The lowest BCUT2D eigenvalue weighted by molar-refractivity contribution is 0.405. The SMILES string of the molecule is c1ccc(C2=NC3(N=C2c2ccccc2)c2ccc(cc2)-c2cccc4cccc(c24)-c2ccc(c4ccccc24)-c2nccn23)cc1. The lowest BCUT2D eigenvalue weighted by Crippen LogP contribution is -2.30. The summed E-state index contributed by atoms with van der Waals surface area (Å²) in [5.74, 6) is -0.319. The molecule has 8 aromatic rings. The van der Waals surface area contributed by atoms with Gasteiger partial charge in [0, 0.05) is 34.6 Å². The fraction of sp³-hybridized carbons (Fsp3) is 0.0227. The summed E-state index contributed by atoms with van der Waals surface area (Å²) < 4.78 is 2.16. The van der Waals surface area contributed by atoms with Gasteiger partial charge in [-0.25, -0.2) is 15.0 Å². The van der Waals surface area contributed by atoms with Crippen LogP contribution in [0, 0.1) is 0 Å². The first-order chi connectivity index (χ1) is 23.8. The zero-order valence-electron chi connectivity index (χ0n) is 26.0. The van der Waals surface area contributed by atoms with E-state index in [-0.39, 0.29) is 0 Å². The topological polar surface area (TPSA) is 42.5 Å². The summed E-state index contributed by atoms with van der Waals surface area (Å²) >= 11 is 0. The zero-order chi connectivity index (χ0) is 31.7. The second kappa shape index (κ2) is 10.3. The lowest BCUT2D eigenvalue weighted by Gasteiger charge is -2.28. The van der Waals surface area contributed by atoms with Gasteiger partial charge in [-0.3, -0.25) is 4.57 Å². The van der Waals surface area contributed by atoms with Crippen LogP contribution < -0.4 is 0 Å². The van der Waals surface area contributed by atoms with Crippen molar-refractivity contribution in [2.75, 3.05) is 0 Å². The molecule has 4 nitrogen and oxygen atoms in total. The van der Waals surface area contributed by atoms with E-state index in [1.54, 1.807) is 0 Å². The molecule has 4 heteroatoms. The van der Waals surface area contributed by atoms with Crippen LogP contribution in [0.15, 0.2) is 180 Å². The summed E-state index contributed by atoms with van der Waals surface area (Å²) in [5.41, 5.74) is 10.5. The molecule has 0 saturated carbocycles. The third-order valence-electron chi connectivity index (χ3n) is 9.77. The smallest absolute Gasteiger partial charge is 0.261 e. The molecule has 224 valence electrons. The Balaban J connectivity index is 1.36. The Morgan fingerprint density at radius 3 is 1.69 bits per heavy atom. The molecule has 0 N–H and O–H groups in total. The van der Waals surface area contributed by atoms with Crippen LogP contribution in [0.1, 0.15) is 16.7 Å². The molecule has 0 fully saturated rings. The molecule has 13 rings (SSSR count). The van der Waals surface area contributed by atoms with E-state index in [2.05, 4.69) is 150 Å². The largest absolute Gasteiger partial charge is 0.283 e. The van der Waals surface area contributed by atoms with Gasteiger partial charge in [0.15, 0.2) is 0 Å². The number of imidazole rings is 1. The molecule has 5 aliphatic rings. The van der Waals surface area contributed by atoms with Gasteiger partial charge in [-0.1, -0.05) is 152 Å². The molecule has 4 bridgehead atoms. The quantitative estimate of drug-likeness (QED) is 0.192. The Labute approximate surface area is 278 Å². The van der Waals surface area contributed by atoms with Crippen LogP contribution >= 0.6 is 0 Å². The minimum atomic E-state index is -1.13. The summed E-state index contributed by atoms with van der Waals surface area (Å²) in [7, 11) is 0. The van der Waals surface area contributed by atoms with Gasteiger partial charge in [0.1, 0.15) is 5.82 Å². The molecule has 1 spiro atoms. The van der Waals surface area contributed by atoms with Crippen molar-refractivity contribution in [2.24, 2.45) is 9.98 Å². The van der Waals surface area contributed by atoms with Gasteiger partial charge in [-0.2, -0.15) is 0 Å². The number of rotatable bonds is 2. The Kier molecular flexibility index (Phi) is 5.75. The van der Waals surface area contributed by atoms with E-state index in [1.807, 2.05) is 24.5 Å². The number of aliphatic imine (C=N–C) groups is 2. The van der Waals surface area contributed by atoms with Crippen LogP contribution in [0.2, 0.25) is 0 Å². The number of nitrogens with zero attached hydrogens (tertiary/aromatic N) is 4. The Morgan fingerprint density at radius 2 is 1.02 bits per heavy atom. The van der Waals surface area contributed by atoms with E-state index in [0.29, 0.717) is 0 Å². The predicted octanol–water partition coefficient (Wildman–Crippen LogP) is 10.2. The molecule has 0 atom stereocenters. The first-order valence-corrected chi connectivity index (χ1v) is 16.3. The van der Waals surface area contributed by atoms with Crippen LogP contribution in [0.3, 0.4) is 0 Å². The van der Waals surface area contributed by atoms with Crippen molar-refractivity contribution >= 4 is 33.0 Å². The first-order valence-electron chi connectivity index (χ1n) is 16.3. The summed E-state index contributed by atoms with van der Waals surface area (Å²) in [4.78, 5) is 16.3. The summed E-state index contributed by atoms with van der Waals surface area (Å²) in [5, 5.41) is 4.77. The van der Waals surface area contributed by atoms with E-state index in [4.69, 9.17) is 15.0 Å². The molecular formula is C44H28N4. The Bertz CT molecular complexity index is 2530. The highest BCUT2D eigenvalue weighted by atomic mass is 15.4. The van der Waals surface area contributed by atoms with Crippen LogP contribution in [0.5, 0.6) is 0 Å². The van der Waals surface area contributed by atoms with Crippen molar-refractivity contribution in [1.82, 2.24) is 9.55 Å². The van der Waals surface area contributed by atoms with E-state index in [9.17, 15) is 0 Å². The normalized spacial score (nSPS) is 14.2. The molecule has 6 heterocycles. The van der Waals surface area contributed by atoms with Crippen molar-refractivity contribution in [3.8, 4) is 33.6 Å².